The number of Topliss-reactive ketones (excluding diaryl/α,β-unsaturated/α-hetero) is 1. The van der Waals surface area contributed by atoms with Crippen molar-refractivity contribution in [1.29, 1.82) is 0 Å². The van der Waals surface area contributed by atoms with Gasteiger partial charge in [-0.15, -0.1) is 0 Å². The molecule has 0 atom stereocenters. The van der Waals surface area contributed by atoms with Crippen LogP contribution in [0, 0.1) is 0 Å². The van der Waals surface area contributed by atoms with Crippen LogP contribution in [0.15, 0.2) is 0 Å². The van der Waals surface area contributed by atoms with Gasteiger partial charge in [0.25, 0.3) is 0 Å². The van der Waals surface area contributed by atoms with Gasteiger partial charge in [-0.1, -0.05) is 23.2 Å². The van der Waals surface area contributed by atoms with Crippen LogP contribution < -0.4 is 0 Å². The Balaban J connectivity index is 3.37. The van der Waals surface area contributed by atoms with Crippen LogP contribution in [0.2, 0.25) is 15.5 Å². The van der Waals surface area contributed by atoms with Gasteiger partial charge >= 0.3 is 0 Å². The summed E-state index contributed by atoms with van der Waals surface area (Å²) in [6.45, 7) is 1.32. The normalized spacial score (nSPS) is 10.0. The predicted octanol–water partition coefficient (Wildman–Crippen LogP) is 2.64. The molecular formula is C6H3Cl3N2O. The SMILES string of the molecule is CC(=O)c1nc(Cl)nc(Cl)c1Cl. The van der Waals surface area contributed by atoms with E-state index in [1.54, 1.807) is 0 Å². The summed E-state index contributed by atoms with van der Waals surface area (Å²) in [6, 6.07) is 0. The molecular weight excluding hydrogens is 222 g/mol. The lowest BCUT2D eigenvalue weighted by molar-refractivity contribution is 0.101. The lowest BCUT2D eigenvalue weighted by atomic mass is 10.3. The lowest BCUT2D eigenvalue weighted by Crippen LogP contribution is -2.00. The Morgan fingerprint density at radius 3 is 2.33 bits per heavy atom. The number of carbonyl (C=O) groups excluding carboxylic acids is 1. The van der Waals surface area contributed by atoms with Crippen LogP contribution in [-0.2, 0) is 0 Å². The highest BCUT2D eigenvalue weighted by Crippen LogP contribution is 2.24. The molecule has 0 aliphatic rings. The van der Waals surface area contributed by atoms with Gasteiger partial charge in [-0.25, -0.2) is 9.97 Å². The van der Waals surface area contributed by atoms with Gasteiger partial charge in [-0.05, 0) is 11.6 Å². The van der Waals surface area contributed by atoms with Crippen LogP contribution in [0.25, 0.3) is 0 Å². The van der Waals surface area contributed by atoms with Crippen molar-refractivity contribution in [1.82, 2.24) is 9.97 Å². The molecule has 0 spiro atoms. The fraction of sp³-hybridized carbons (Fsp3) is 0.167. The van der Waals surface area contributed by atoms with Crippen molar-refractivity contribution in [3.63, 3.8) is 0 Å². The summed E-state index contributed by atoms with van der Waals surface area (Å²) in [5.41, 5.74) is 0.0432. The van der Waals surface area contributed by atoms with Gasteiger partial charge in [-0.3, -0.25) is 4.79 Å². The van der Waals surface area contributed by atoms with Crippen molar-refractivity contribution < 1.29 is 4.79 Å². The van der Waals surface area contributed by atoms with E-state index < -0.39 is 0 Å². The summed E-state index contributed by atoms with van der Waals surface area (Å²) < 4.78 is 0. The maximum Gasteiger partial charge on any atom is 0.224 e. The fourth-order valence-corrected chi connectivity index (χ4v) is 1.23. The topological polar surface area (TPSA) is 42.9 Å². The molecule has 0 unspecified atom stereocenters. The number of hydrogen-bond donors (Lipinski definition) is 0. The number of ketones is 1. The molecule has 3 nitrogen and oxygen atoms in total. The smallest absolute Gasteiger partial charge is 0.224 e. The minimum Gasteiger partial charge on any atom is -0.293 e. The Morgan fingerprint density at radius 2 is 1.83 bits per heavy atom. The quantitative estimate of drug-likeness (QED) is 0.419. The van der Waals surface area contributed by atoms with Gasteiger partial charge in [0, 0.05) is 6.92 Å². The number of aromatic nitrogens is 2. The summed E-state index contributed by atoms with van der Waals surface area (Å²) in [7, 11) is 0. The third kappa shape index (κ3) is 1.86. The Labute approximate surface area is 83.7 Å². The van der Waals surface area contributed by atoms with Gasteiger partial charge in [0.15, 0.2) is 10.9 Å². The first kappa shape index (κ1) is 9.71. The zero-order valence-corrected chi connectivity index (χ0v) is 8.20. The molecule has 0 aromatic carbocycles. The molecule has 0 saturated carbocycles. The summed E-state index contributed by atoms with van der Waals surface area (Å²) in [4.78, 5) is 18.1. The van der Waals surface area contributed by atoms with E-state index in [1.807, 2.05) is 0 Å². The third-order valence-corrected chi connectivity index (χ3v) is 2.01. The van der Waals surface area contributed by atoms with Gasteiger partial charge < -0.3 is 0 Å². The Kier molecular flexibility index (Phi) is 2.88. The largest absolute Gasteiger partial charge is 0.293 e. The molecule has 0 fully saturated rings. The van der Waals surface area contributed by atoms with E-state index in [0.29, 0.717) is 0 Å². The summed E-state index contributed by atoms with van der Waals surface area (Å²) in [6.07, 6.45) is 0. The van der Waals surface area contributed by atoms with E-state index in [-0.39, 0.29) is 26.9 Å². The highest BCUT2D eigenvalue weighted by atomic mass is 35.5. The van der Waals surface area contributed by atoms with Crippen molar-refractivity contribution in [3.8, 4) is 0 Å². The van der Waals surface area contributed by atoms with Crippen molar-refractivity contribution in [2.45, 2.75) is 6.92 Å². The van der Waals surface area contributed by atoms with Crippen LogP contribution in [-0.4, -0.2) is 15.8 Å². The summed E-state index contributed by atoms with van der Waals surface area (Å²) in [5.74, 6) is -0.300. The van der Waals surface area contributed by atoms with Crippen LogP contribution in [0.4, 0.5) is 0 Å². The molecule has 0 aliphatic carbocycles. The van der Waals surface area contributed by atoms with E-state index >= 15 is 0 Å². The number of halogens is 3. The monoisotopic (exact) mass is 224 g/mol. The van der Waals surface area contributed by atoms with Gasteiger partial charge in [0.05, 0.1) is 0 Å². The van der Waals surface area contributed by atoms with Crippen molar-refractivity contribution >= 4 is 40.6 Å². The molecule has 0 bridgehead atoms. The maximum absolute atomic E-state index is 10.9. The second kappa shape index (κ2) is 3.56. The molecule has 1 aromatic heterocycles. The minimum absolute atomic E-state index is 0.0122. The van der Waals surface area contributed by atoms with E-state index in [4.69, 9.17) is 34.8 Å². The fourth-order valence-electron chi connectivity index (χ4n) is 0.627. The summed E-state index contributed by atoms with van der Waals surface area (Å²) >= 11 is 16.6. The molecule has 1 aromatic rings. The maximum atomic E-state index is 10.9. The standard InChI is InChI=1S/C6H3Cl3N2O/c1-2(12)4-3(7)5(8)11-6(9)10-4/h1H3. The Morgan fingerprint density at radius 1 is 1.25 bits per heavy atom. The molecule has 6 heteroatoms. The highest BCUT2D eigenvalue weighted by Gasteiger charge is 2.13. The van der Waals surface area contributed by atoms with Crippen LogP contribution in [0.1, 0.15) is 17.4 Å². The number of nitrogens with zero attached hydrogens (tertiary/aromatic N) is 2. The molecule has 64 valence electrons. The van der Waals surface area contributed by atoms with Gasteiger partial charge in [-0.2, -0.15) is 0 Å². The zero-order valence-electron chi connectivity index (χ0n) is 5.94. The lowest BCUT2D eigenvalue weighted by Gasteiger charge is -1.99. The molecule has 0 amide bonds. The Hall–Kier alpha value is -0.380. The van der Waals surface area contributed by atoms with Crippen LogP contribution >= 0.6 is 34.8 Å². The van der Waals surface area contributed by atoms with E-state index in [9.17, 15) is 4.79 Å². The van der Waals surface area contributed by atoms with Gasteiger partial charge in [0.1, 0.15) is 10.7 Å². The highest BCUT2D eigenvalue weighted by molar-refractivity contribution is 6.43. The summed E-state index contributed by atoms with van der Waals surface area (Å²) in [5, 5.41) is -0.0648. The van der Waals surface area contributed by atoms with Crippen molar-refractivity contribution in [2.75, 3.05) is 0 Å². The second-order valence-corrected chi connectivity index (χ2v) is 3.08. The molecule has 0 N–H and O–H groups in total. The molecule has 1 rings (SSSR count). The zero-order chi connectivity index (χ0) is 9.30. The average molecular weight is 225 g/mol. The molecule has 0 aliphatic heterocycles. The van der Waals surface area contributed by atoms with Crippen molar-refractivity contribution in [3.05, 3.63) is 21.2 Å². The van der Waals surface area contributed by atoms with E-state index in [0.717, 1.165) is 0 Å². The first-order valence-corrected chi connectivity index (χ1v) is 4.05. The van der Waals surface area contributed by atoms with Crippen molar-refractivity contribution in [2.24, 2.45) is 0 Å². The predicted molar refractivity (Wildman–Crippen MR) is 47.1 cm³/mol. The number of carbonyl (C=O) groups is 1. The molecule has 1 heterocycles. The van der Waals surface area contributed by atoms with Crippen LogP contribution in [0.5, 0.6) is 0 Å². The first-order chi connectivity index (χ1) is 5.52. The first-order valence-electron chi connectivity index (χ1n) is 2.92. The van der Waals surface area contributed by atoms with Gasteiger partial charge in [0.2, 0.25) is 5.28 Å². The number of hydrogen-bond acceptors (Lipinski definition) is 3. The Bertz CT molecular complexity index is 340. The van der Waals surface area contributed by atoms with Crippen LogP contribution in [0.3, 0.4) is 0 Å². The second-order valence-electron chi connectivity index (χ2n) is 2.00. The van der Waals surface area contributed by atoms with E-state index in [2.05, 4.69) is 9.97 Å². The minimum atomic E-state index is -0.300. The van der Waals surface area contributed by atoms with E-state index in [1.165, 1.54) is 6.92 Å². The molecule has 0 saturated heterocycles. The third-order valence-electron chi connectivity index (χ3n) is 1.12. The molecule has 12 heavy (non-hydrogen) atoms. The molecule has 0 radical (unpaired) electrons. The average Bonchev–Trinajstić information content (AvgIpc) is 1.96. The number of rotatable bonds is 1.